The Labute approximate surface area is 267 Å². The molecule has 1 rings (SSSR count). The molecule has 0 aliphatic carbocycles. The lowest BCUT2D eigenvalue weighted by Crippen LogP contribution is -2.27. The molecule has 0 amide bonds. The zero-order chi connectivity index (χ0) is 30.2. The molecule has 0 aromatic carbocycles. The van der Waals surface area contributed by atoms with Gasteiger partial charge < -0.3 is 9.64 Å². The Morgan fingerprint density at radius 3 is 0.833 bits per heavy atom. The van der Waals surface area contributed by atoms with Crippen molar-refractivity contribution in [3.63, 3.8) is 0 Å². The second kappa shape index (κ2) is 32.3. The Balaban J connectivity index is 1.91. The van der Waals surface area contributed by atoms with E-state index in [1.54, 1.807) is 0 Å². The molecule has 0 radical (unpaired) electrons. The van der Waals surface area contributed by atoms with Crippen molar-refractivity contribution >= 4 is 0 Å². The normalized spacial score (nSPS) is 16.6. The number of hydrogen-bond donors (Lipinski definition) is 0. The van der Waals surface area contributed by atoms with Crippen LogP contribution in [0.3, 0.4) is 0 Å². The van der Waals surface area contributed by atoms with Crippen LogP contribution in [0.15, 0.2) is 0 Å². The molecule has 0 saturated carbocycles. The van der Waals surface area contributed by atoms with Gasteiger partial charge in [0.2, 0.25) is 0 Å². The first kappa shape index (κ1) is 39.9. The number of unbranched alkanes of at least 4 members (excludes halogenated alkanes) is 26. The molecule has 1 aliphatic rings. The quantitative estimate of drug-likeness (QED) is 0.0532. The highest BCUT2D eigenvalue weighted by Crippen LogP contribution is 2.32. The van der Waals surface area contributed by atoms with Gasteiger partial charge in [0.05, 0.1) is 12.2 Å². The first-order valence-electron chi connectivity index (χ1n) is 20.2. The molecule has 2 heteroatoms. The second-order valence-electron chi connectivity index (χ2n) is 14.2. The summed E-state index contributed by atoms with van der Waals surface area (Å²) in [7, 11) is 0. The van der Waals surface area contributed by atoms with Crippen molar-refractivity contribution < 1.29 is 4.74 Å². The van der Waals surface area contributed by atoms with Crippen LogP contribution in [0.2, 0.25) is 0 Å². The molecule has 0 bridgehead atoms. The maximum absolute atomic E-state index is 6.00. The predicted molar refractivity (Wildman–Crippen MR) is 190 cm³/mol. The highest BCUT2D eigenvalue weighted by molar-refractivity contribution is 4.84. The highest BCUT2D eigenvalue weighted by Gasteiger charge is 2.36. The standard InChI is InChI=1S/C40H81NO/c1-4-7-10-13-16-17-18-19-20-21-24-29-34-39-40(42-39)35-30-25-22-23-28-33-38-41(36-31-26-14-11-8-5-2)37-32-27-15-12-9-6-3/h39-40H,4-38H2,1-3H3. The lowest BCUT2D eigenvalue weighted by molar-refractivity contribution is 0.254. The monoisotopic (exact) mass is 592 g/mol. The van der Waals surface area contributed by atoms with E-state index >= 15 is 0 Å². The zero-order valence-electron chi connectivity index (χ0n) is 29.8. The number of nitrogens with zero attached hydrogens (tertiary/aromatic N) is 1. The van der Waals surface area contributed by atoms with Gasteiger partial charge >= 0.3 is 0 Å². The Morgan fingerprint density at radius 1 is 0.310 bits per heavy atom. The van der Waals surface area contributed by atoms with Crippen molar-refractivity contribution in [1.82, 2.24) is 4.90 Å². The van der Waals surface area contributed by atoms with Gasteiger partial charge in [-0.25, -0.2) is 0 Å². The smallest absolute Gasteiger partial charge is 0.0841 e. The SMILES string of the molecule is CCCCCCCCCCCCCCC1OC1CCCCCCCCN(CCCCCCCC)CCCCCCCC. The van der Waals surface area contributed by atoms with E-state index in [1.165, 1.54) is 225 Å². The van der Waals surface area contributed by atoms with Gasteiger partial charge in [-0.15, -0.1) is 0 Å². The summed E-state index contributed by atoms with van der Waals surface area (Å²) in [6, 6.07) is 0. The zero-order valence-corrected chi connectivity index (χ0v) is 29.8. The fourth-order valence-electron chi connectivity index (χ4n) is 6.83. The first-order chi connectivity index (χ1) is 20.8. The summed E-state index contributed by atoms with van der Waals surface area (Å²) in [6.45, 7) is 11.0. The molecule has 0 aromatic rings. The molecule has 2 atom stereocenters. The molecule has 2 nitrogen and oxygen atoms in total. The summed E-state index contributed by atoms with van der Waals surface area (Å²) in [6.07, 6.45) is 46.9. The first-order valence-corrected chi connectivity index (χ1v) is 20.2. The van der Waals surface area contributed by atoms with Crippen molar-refractivity contribution in [2.24, 2.45) is 0 Å². The maximum Gasteiger partial charge on any atom is 0.0841 e. The maximum atomic E-state index is 6.00. The lowest BCUT2D eigenvalue weighted by atomic mass is 10.0. The topological polar surface area (TPSA) is 15.8 Å². The van der Waals surface area contributed by atoms with Gasteiger partial charge in [-0.05, 0) is 51.7 Å². The average molecular weight is 592 g/mol. The van der Waals surface area contributed by atoms with Gasteiger partial charge in [0, 0.05) is 0 Å². The Hall–Kier alpha value is -0.0800. The van der Waals surface area contributed by atoms with E-state index in [-0.39, 0.29) is 0 Å². The van der Waals surface area contributed by atoms with Gasteiger partial charge in [0.1, 0.15) is 0 Å². The molecule has 1 fully saturated rings. The molecule has 2 unspecified atom stereocenters. The van der Waals surface area contributed by atoms with Crippen LogP contribution < -0.4 is 0 Å². The van der Waals surface area contributed by atoms with Crippen LogP contribution in [0.5, 0.6) is 0 Å². The molecular weight excluding hydrogens is 510 g/mol. The predicted octanol–water partition coefficient (Wildman–Crippen LogP) is 13.6. The van der Waals surface area contributed by atoms with E-state index in [4.69, 9.17) is 4.74 Å². The largest absolute Gasteiger partial charge is 0.370 e. The van der Waals surface area contributed by atoms with Crippen molar-refractivity contribution in [1.29, 1.82) is 0 Å². The minimum Gasteiger partial charge on any atom is -0.370 e. The van der Waals surface area contributed by atoms with E-state index in [0.717, 1.165) is 0 Å². The second-order valence-corrected chi connectivity index (χ2v) is 14.2. The van der Waals surface area contributed by atoms with Crippen molar-refractivity contribution in [3.05, 3.63) is 0 Å². The summed E-state index contributed by atoms with van der Waals surface area (Å²) >= 11 is 0. The van der Waals surface area contributed by atoms with Crippen LogP contribution in [0.4, 0.5) is 0 Å². The van der Waals surface area contributed by atoms with Crippen molar-refractivity contribution in [3.8, 4) is 0 Å². The van der Waals surface area contributed by atoms with Gasteiger partial charge in [-0.2, -0.15) is 0 Å². The number of rotatable bonds is 36. The minimum atomic E-state index is 0.621. The summed E-state index contributed by atoms with van der Waals surface area (Å²) in [4.78, 5) is 2.82. The summed E-state index contributed by atoms with van der Waals surface area (Å²) < 4.78 is 6.00. The number of ether oxygens (including phenoxy) is 1. The van der Waals surface area contributed by atoms with Crippen LogP contribution in [0, 0.1) is 0 Å². The average Bonchev–Trinajstić information content (AvgIpc) is 3.75. The van der Waals surface area contributed by atoms with Crippen LogP contribution >= 0.6 is 0 Å². The molecule has 1 heterocycles. The van der Waals surface area contributed by atoms with E-state index < -0.39 is 0 Å². The van der Waals surface area contributed by atoms with Crippen LogP contribution in [-0.2, 0) is 4.74 Å². The van der Waals surface area contributed by atoms with E-state index in [9.17, 15) is 0 Å². The third kappa shape index (κ3) is 27.5. The fraction of sp³-hybridized carbons (Fsp3) is 1.00. The van der Waals surface area contributed by atoms with Crippen LogP contribution in [-0.4, -0.2) is 36.7 Å². The third-order valence-electron chi connectivity index (χ3n) is 9.90. The van der Waals surface area contributed by atoms with Gasteiger partial charge in [-0.1, -0.05) is 194 Å². The minimum absolute atomic E-state index is 0.621. The van der Waals surface area contributed by atoms with Gasteiger partial charge in [0.25, 0.3) is 0 Å². The molecule has 42 heavy (non-hydrogen) atoms. The van der Waals surface area contributed by atoms with Crippen LogP contribution in [0.25, 0.3) is 0 Å². The fourth-order valence-corrected chi connectivity index (χ4v) is 6.83. The van der Waals surface area contributed by atoms with Gasteiger partial charge in [0.15, 0.2) is 0 Å². The van der Waals surface area contributed by atoms with Crippen LogP contribution in [0.1, 0.15) is 226 Å². The summed E-state index contributed by atoms with van der Waals surface area (Å²) in [5, 5.41) is 0. The highest BCUT2D eigenvalue weighted by atomic mass is 16.6. The van der Waals surface area contributed by atoms with E-state index in [2.05, 4.69) is 25.7 Å². The molecule has 252 valence electrons. The number of hydrogen-bond acceptors (Lipinski definition) is 2. The van der Waals surface area contributed by atoms with E-state index in [0.29, 0.717) is 12.2 Å². The molecule has 1 aliphatic heterocycles. The van der Waals surface area contributed by atoms with E-state index in [1.807, 2.05) is 0 Å². The molecule has 0 spiro atoms. The summed E-state index contributed by atoms with van der Waals surface area (Å²) in [5.41, 5.74) is 0. The lowest BCUT2D eigenvalue weighted by Gasteiger charge is -2.22. The Kier molecular flexibility index (Phi) is 30.7. The van der Waals surface area contributed by atoms with Crippen molar-refractivity contribution in [2.45, 2.75) is 238 Å². The van der Waals surface area contributed by atoms with Crippen molar-refractivity contribution in [2.75, 3.05) is 19.6 Å². The molecular formula is C40H81NO. The number of epoxide rings is 1. The van der Waals surface area contributed by atoms with Gasteiger partial charge in [-0.3, -0.25) is 0 Å². The third-order valence-corrected chi connectivity index (χ3v) is 9.90. The summed E-state index contributed by atoms with van der Waals surface area (Å²) in [5.74, 6) is 0. The Morgan fingerprint density at radius 2 is 0.548 bits per heavy atom. The Bertz CT molecular complexity index is 492. The molecule has 1 saturated heterocycles. The molecule has 0 N–H and O–H groups in total. The molecule has 0 aromatic heterocycles.